The number of hydroxylamine groups is 1. The molecule has 0 unspecified atom stereocenters. The van der Waals surface area contributed by atoms with Gasteiger partial charge in [0.15, 0.2) is 5.03 Å². The largest absolute Gasteiger partial charge is 0.376 e. The Balaban J connectivity index is 1.45. The van der Waals surface area contributed by atoms with Gasteiger partial charge in [0, 0.05) is 63.4 Å². The number of alkyl halides is 4. The molecule has 1 saturated heterocycles. The molecule has 2 aliphatic rings. The summed E-state index contributed by atoms with van der Waals surface area (Å²) in [6, 6.07) is 7.66. The van der Waals surface area contributed by atoms with Gasteiger partial charge < -0.3 is 4.57 Å². The van der Waals surface area contributed by atoms with Crippen LogP contribution in [0.1, 0.15) is 42.5 Å². The minimum absolute atomic E-state index is 0.00573. The van der Waals surface area contributed by atoms with E-state index in [4.69, 9.17) is 0 Å². The third-order valence-electron chi connectivity index (χ3n) is 6.97. The zero-order valence-corrected chi connectivity index (χ0v) is 21.1. The smallest absolute Gasteiger partial charge is 0.339 e. The van der Waals surface area contributed by atoms with Crippen LogP contribution in [0.2, 0.25) is 0 Å². The van der Waals surface area contributed by atoms with E-state index in [0.29, 0.717) is 0 Å². The summed E-state index contributed by atoms with van der Waals surface area (Å²) in [5, 5.41) is -0.121. The molecule has 1 aliphatic carbocycles. The highest BCUT2D eigenvalue weighted by atomic mass is 32.2. The average Bonchev–Trinajstić information content (AvgIpc) is 3.32. The second-order valence-corrected chi connectivity index (χ2v) is 11.4. The number of hydrogen-bond acceptors (Lipinski definition) is 6. The van der Waals surface area contributed by atoms with Crippen molar-refractivity contribution in [3.05, 3.63) is 48.4 Å². The van der Waals surface area contributed by atoms with Crippen molar-refractivity contribution in [3.8, 4) is 0 Å². The predicted molar refractivity (Wildman–Crippen MR) is 124 cm³/mol. The van der Waals surface area contributed by atoms with E-state index in [2.05, 4.69) is 9.82 Å². The molecule has 1 N–H and O–H groups in total. The number of nitrogens with zero attached hydrogens (tertiary/aromatic N) is 4. The lowest BCUT2D eigenvalue weighted by atomic mass is 9.75. The molecule has 4 rings (SSSR count). The van der Waals surface area contributed by atoms with E-state index < -0.39 is 52.8 Å². The van der Waals surface area contributed by atoms with Crippen LogP contribution in [0.25, 0.3) is 0 Å². The molecule has 0 bridgehead atoms. The van der Waals surface area contributed by atoms with Gasteiger partial charge in [-0.05, 0) is 25.0 Å². The van der Waals surface area contributed by atoms with Gasteiger partial charge in [0.1, 0.15) is 0 Å². The zero-order chi connectivity index (χ0) is 26.9. The van der Waals surface area contributed by atoms with Gasteiger partial charge in [-0.25, -0.2) is 32.5 Å². The lowest BCUT2D eigenvalue weighted by Crippen LogP contribution is -2.61. The minimum Gasteiger partial charge on any atom is -0.339 e. The molecule has 14 heteroatoms. The Morgan fingerprint density at radius 1 is 1.08 bits per heavy atom. The maximum atomic E-state index is 15.0. The van der Waals surface area contributed by atoms with Crippen LogP contribution in [0, 0.1) is 0 Å². The molecule has 1 amide bonds. The molecule has 2 aromatic rings. The zero-order valence-electron chi connectivity index (χ0n) is 20.2. The molecule has 37 heavy (non-hydrogen) atoms. The number of piperazine rings is 1. The first-order valence-corrected chi connectivity index (χ1v) is 13.3. The lowest BCUT2D eigenvalue weighted by molar-refractivity contribution is -0.284. The molecule has 204 valence electrons. The number of amides is 1. The van der Waals surface area contributed by atoms with Crippen LogP contribution in [-0.2, 0) is 21.9 Å². The molecular formula is C23H29F4N5O4S. The molecule has 0 atom stereocenters. The van der Waals surface area contributed by atoms with Crippen molar-refractivity contribution in [2.75, 3.05) is 26.2 Å². The highest BCUT2D eigenvalue weighted by Crippen LogP contribution is 2.46. The van der Waals surface area contributed by atoms with E-state index in [1.165, 1.54) is 33.5 Å². The monoisotopic (exact) mass is 547 g/mol. The number of halogens is 4. The topological polar surface area (TPSA) is 96.8 Å². The number of carbonyl (C=O) groups excluding carboxylic acids is 1. The molecule has 1 aromatic heterocycles. The summed E-state index contributed by atoms with van der Waals surface area (Å²) in [6.45, 7) is 0.136. The van der Waals surface area contributed by atoms with Gasteiger partial charge in [-0.1, -0.05) is 18.2 Å². The van der Waals surface area contributed by atoms with Crippen molar-refractivity contribution in [3.63, 3.8) is 0 Å². The first-order valence-electron chi connectivity index (χ1n) is 11.8. The van der Waals surface area contributed by atoms with Gasteiger partial charge in [-0.15, -0.1) is 0 Å². The first-order chi connectivity index (χ1) is 17.3. The van der Waals surface area contributed by atoms with Crippen molar-refractivity contribution in [2.24, 2.45) is 7.05 Å². The lowest BCUT2D eigenvalue weighted by Gasteiger charge is -2.51. The number of hydrogen-bond donors (Lipinski definition) is 1. The summed E-state index contributed by atoms with van der Waals surface area (Å²) >= 11 is 0. The quantitative estimate of drug-likeness (QED) is 0.403. The summed E-state index contributed by atoms with van der Waals surface area (Å²) in [7, 11) is -2.24. The molecule has 2 heterocycles. The molecular weight excluding hydrogens is 518 g/mol. The number of aromatic nitrogens is 2. The first kappa shape index (κ1) is 27.5. The SMILES string of the molecule is Cn1cnc(S(=O)(=O)N2CCN(C3(CC(F)(F)ONC(=O)c4ccccc4)CCC(F)(F)CC3)CC2)c1. The second kappa shape index (κ2) is 10.3. The Kier molecular flexibility index (Phi) is 7.66. The summed E-state index contributed by atoms with van der Waals surface area (Å²) in [4.78, 5) is 22.2. The van der Waals surface area contributed by atoms with Crippen LogP contribution in [-0.4, -0.2) is 76.8 Å². The summed E-state index contributed by atoms with van der Waals surface area (Å²) in [5.74, 6) is -3.83. The van der Waals surface area contributed by atoms with Crippen molar-refractivity contribution in [1.29, 1.82) is 0 Å². The van der Waals surface area contributed by atoms with E-state index in [0.717, 1.165) is 0 Å². The fraction of sp³-hybridized carbons (Fsp3) is 0.565. The van der Waals surface area contributed by atoms with E-state index in [-0.39, 0.29) is 49.6 Å². The van der Waals surface area contributed by atoms with Gasteiger partial charge in [-0.2, -0.15) is 13.1 Å². The number of sulfonamides is 1. The van der Waals surface area contributed by atoms with Crippen LogP contribution in [0.4, 0.5) is 17.6 Å². The third-order valence-corrected chi connectivity index (χ3v) is 8.76. The maximum Gasteiger partial charge on any atom is 0.376 e. The van der Waals surface area contributed by atoms with Crippen LogP contribution < -0.4 is 5.48 Å². The van der Waals surface area contributed by atoms with E-state index in [1.807, 2.05) is 0 Å². The predicted octanol–water partition coefficient (Wildman–Crippen LogP) is 3.02. The van der Waals surface area contributed by atoms with Crippen LogP contribution >= 0.6 is 0 Å². The van der Waals surface area contributed by atoms with Gasteiger partial charge in [0.25, 0.3) is 15.9 Å². The molecule has 1 aromatic carbocycles. The molecule has 9 nitrogen and oxygen atoms in total. The molecule has 1 aliphatic heterocycles. The van der Waals surface area contributed by atoms with Crippen molar-refractivity contribution in [2.45, 2.75) is 54.7 Å². The Labute approximate surface area is 212 Å². The van der Waals surface area contributed by atoms with Gasteiger partial charge >= 0.3 is 6.11 Å². The fourth-order valence-corrected chi connectivity index (χ4v) is 6.32. The number of benzene rings is 1. The summed E-state index contributed by atoms with van der Waals surface area (Å²) in [5.41, 5.74) is 0.523. The standard InChI is InChI=1S/C23H29F4N5O4S/c1-30-15-19(28-17-30)37(34,35)32-13-11-31(12-14-32)21(7-9-22(24,25)10-8-21)16-23(26,27)36-29-20(33)18-5-3-2-4-6-18/h2-6,15,17H,7-14,16H2,1H3,(H,29,33). The minimum atomic E-state index is -3.88. The number of nitrogens with one attached hydrogen (secondary N) is 1. The Morgan fingerprint density at radius 2 is 1.70 bits per heavy atom. The number of aryl methyl sites for hydroxylation is 1. The van der Waals surface area contributed by atoms with Crippen molar-refractivity contribution < 1.29 is 35.6 Å². The summed E-state index contributed by atoms with van der Waals surface area (Å²) in [6.07, 6.45) is -3.66. The van der Waals surface area contributed by atoms with E-state index in [9.17, 15) is 30.8 Å². The Hall–Kier alpha value is -2.55. The van der Waals surface area contributed by atoms with Crippen LogP contribution in [0.15, 0.2) is 47.9 Å². The van der Waals surface area contributed by atoms with Crippen molar-refractivity contribution >= 4 is 15.9 Å². The van der Waals surface area contributed by atoms with Crippen molar-refractivity contribution in [1.82, 2.24) is 24.2 Å². The second-order valence-electron chi connectivity index (χ2n) is 9.56. The molecule has 2 fully saturated rings. The normalized spacial score (nSPS) is 21.0. The van der Waals surface area contributed by atoms with Gasteiger partial charge in [-0.3, -0.25) is 9.69 Å². The molecule has 0 radical (unpaired) electrons. The third kappa shape index (κ3) is 6.30. The van der Waals surface area contributed by atoms with Gasteiger partial charge in [0.05, 0.1) is 12.7 Å². The number of imidazole rings is 1. The van der Waals surface area contributed by atoms with E-state index >= 15 is 0 Å². The van der Waals surface area contributed by atoms with Gasteiger partial charge in [0.2, 0.25) is 5.92 Å². The maximum absolute atomic E-state index is 15.0. The van der Waals surface area contributed by atoms with Crippen LogP contribution in [0.3, 0.4) is 0 Å². The van der Waals surface area contributed by atoms with E-state index in [1.54, 1.807) is 35.6 Å². The highest BCUT2D eigenvalue weighted by molar-refractivity contribution is 7.89. The highest BCUT2D eigenvalue weighted by Gasteiger charge is 2.53. The molecule has 0 spiro atoms. The Morgan fingerprint density at radius 3 is 2.27 bits per heavy atom. The fourth-order valence-electron chi connectivity index (χ4n) is 4.93. The number of rotatable bonds is 8. The Bertz CT molecular complexity index is 1190. The number of carbonyl (C=O) groups is 1. The summed E-state index contributed by atoms with van der Waals surface area (Å²) < 4.78 is 86.5. The molecule has 1 saturated carbocycles. The average molecular weight is 548 g/mol. The van der Waals surface area contributed by atoms with Crippen LogP contribution in [0.5, 0.6) is 0 Å².